The van der Waals surface area contributed by atoms with Gasteiger partial charge in [-0.1, -0.05) is 130 Å². The first-order valence-corrected chi connectivity index (χ1v) is 15.4. The summed E-state index contributed by atoms with van der Waals surface area (Å²) in [6.07, 6.45) is 0. The molecule has 0 atom stereocenters. The maximum Gasteiger partial charge on any atom is 2.00 e. The van der Waals surface area contributed by atoms with Gasteiger partial charge in [-0.3, -0.25) is 0 Å². The van der Waals surface area contributed by atoms with Gasteiger partial charge in [-0.25, -0.2) is 0 Å². The van der Waals surface area contributed by atoms with Crippen molar-refractivity contribution in [3.05, 3.63) is 91.0 Å². The summed E-state index contributed by atoms with van der Waals surface area (Å²) in [5.41, 5.74) is 0. The van der Waals surface area contributed by atoms with E-state index in [4.69, 9.17) is 19.8 Å². The third-order valence-corrected chi connectivity index (χ3v) is 10.7. The number of hydrogen-bond donors (Lipinski definition) is 0. The average molecular weight is 603 g/mol. The predicted octanol–water partition coefficient (Wildman–Crippen LogP) is 3.23. The van der Waals surface area contributed by atoms with Crippen LogP contribution in [0.25, 0.3) is 0 Å². The zero-order valence-corrected chi connectivity index (χ0v) is 24.9. The molecule has 35 heavy (non-hydrogen) atoms. The number of rotatable bonds is 6. The number of benzene rings is 3. The monoisotopic (exact) mass is 602 g/mol. The Hall–Kier alpha value is -2.09. The second kappa shape index (κ2) is 22.4. The topological polar surface area (TPSA) is 80.3 Å². The molecule has 0 bridgehead atoms. The number of carboxylic acids is 2. The van der Waals surface area contributed by atoms with E-state index in [-0.39, 0.29) is 29.2 Å². The van der Waals surface area contributed by atoms with Crippen molar-refractivity contribution in [2.24, 2.45) is 0 Å². The van der Waals surface area contributed by atoms with Gasteiger partial charge < -0.3 is 19.8 Å². The summed E-state index contributed by atoms with van der Waals surface area (Å²) >= 11 is 0. The minimum atomic E-state index is -1.08. The van der Waals surface area contributed by atoms with Crippen LogP contribution in [0.1, 0.15) is 34.6 Å². The molecule has 3 aromatic carbocycles. The van der Waals surface area contributed by atoms with Crippen LogP contribution in [0.4, 0.5) is 0 Å². The van der Waals surface area contributed by atoms with E-state index in [0.29, 0.717) is 0 Å². The summed E-state index contributed by atoms with van der Waals surface area (Å²) < 4.78 is 0. The molecule has 0 N–H and O–H groups in total. The average Bonchev–Trinajstić information content (AvgIpc) is 2.82. The molecule has 0 fully saturated rings. The van der Waals surface area contributed by atoms with Crippen LogP contribution in [-0.4, -0.2) is 20.7 Å². The molecule has 192 valence electrons. The molecule has 0 spiro atoms. The molecule has 0 aliphatic carbocycles. The van der Waals surface area contributed by atoms with E-state index in [0.717, 1.165) is 13.8 Å². The van der Waals surface area contributed by atoms with Gasteiger partial charge in [-0.2, -0.15) is 0 Å². The molecule has 3 aromatic rings. The van der Waals surface area contributed by atoms with Crippen LogP contribution < -0.4 is 26.1 Å². The Morgan fingerprint density at radius 1 is 0.600 bits per heavy atom. The van der Waals surface area contributed by atoms with Gasteiger partial charge in [0.15, 0.2) is 0 Å². The second-order valence-corrected chi connectivity index (χ2v) is 13.8. The smallest absolute Gasteiger partial charge is 0.550 e. The van der Waals surface area contributed by atoms with Crippen LogP contribution in [0, 0.1) is 0 Å². The first-order valence-electron chi connectivity index (χ1n) is 11.6. The van der Waals surface area contributed by atoms with Crippen molar-refractivity contribution in [3.63, 3.8) is 0 Å². The van der Waals surface area contributed by atoms with Gasteiger partial charge in [0.25, 0.3) is 0 Å². The Labute approximate surface area is 227 Å². The molecule has 0 radical (unpaired) electrons. The molecule has 3 rings (SSSR count). The van der Waals surface area contributed by atoms with E-state index < -0.39 is 19.9 Å². The molecule has 0 heterocycles. The largest absolute Gasteiger partial charge is 2.00 e. The van der Waals surface area contributed by atoms with Gasteiger partial charge in [0.1, 0.15) is 0 Å². The zero-order valence-electron chi connectivity index (χ0n) is 21.3. The summed E-state index contributed by atoms with van der Waals surface area (Å²) in [6.45, 7) is 8.91. The Morgan fingerprint density at radius 2 is 0.800 bits per heavy atom. The Balaban J connectivity index is 0. The summed E-state index contributed by atoms with van der Waals surface area (Å²) in [7, 11) is -0.617. The van der Waals surface area contributed by atoms with Gasteiger partial charge in [-0.05, 0) is 37.7 Å². The second-order valence-electron chi connectivity index (χ2n) is 7.42. The minimum Gasteiger partial charge on any atom is -0.550 e. The molecule has 0 aliphatic rings. The van der Waals surface area contributed by atoms with E-state index in [1.807, 2.05) is 0 Å². The molecule has 0 aliphatic heterocycles. The molecule has 0 saturated carbocycles. The summed E-state index contributed by atoms with van der Waals surface area (Å²) in [4.78, 5) is 17.8. The van der Waals surface area contributed by atoms with Gasteiger partial charge in [0.2, 0.25) is 0 Å². The minimum absolute atomic E-state index is 0. The third-order valence-electron chi connectivity index (χ3n) is 4.78. The predicted molar refractivity (Wildman–Crippen MR) is 145 cm³/mol. The van der Waals surface area contributed by atoms with Crippen molar-refractivity contribution in [3.8, 4) is 0 Å². The van der Waals surface area contributed by atoms with Crippen molar-refractivity contribution in [2.45, 2.75) is 52.8 Å². The van der Waals surface area contributed by atoms with Gasteiger partial charge >= 0.3 is 20.4 Å². The van der Waals surface area contributed by atoms with Gasteiger partial charge in [0.05, 0.1) is 0 Å². The first kappa shape index (κ1) is 35.1. The molecule has 0 aromatic heterocycles. The number of carbonyl (C=O) groups excluding carboxylic acids is 2. The van der Waals surface area contributed by atoms with Gasteiger partial charge in [-0.15, -0.1) is 0 Å². The fraction of sp³-hybridized carbons (Fsp3) is 0.286. The quantitative estimate of drug-likeness (QED) is 0.321. The van der Waals surface area contributed by atoms with Crippen molar-refractivity contribution >= 4 is 44.6 Å². The Bertz CT molecular complexity index is 789. The molecule has 4 nitrogen and oxygen atoms in total. The maximum absolute atomic E-state index is 8.89. The molecule has 0 amide bonds. The van der Waals surface area contributed by atoms with E-state index in [9.17, 15) is 0 Å². The Kier molecular flexibility index (Phi) is 22.4. The van der Waals surface area contributed by atoms with Crippen LogP contribution in [0.5, 0.6) is 0 Å². The normalized spacial score (nSPS) is 9.23. The SMILES string of the molecule is CC(=O)[O-].CC(=O)[O-].CC[SiH](CC)CC.[Pd+2].c1ccc(P(c2ccccc2)c2ccccc2)cc1. The number of carboxylic acid groups (broad SMARTS) is 2. The van der Waals surface area contributed by atoms with Crippen LogP contribution in [0.3, 0.4) is 0 Å². The molecule has 7 heteroatoms. The standard InChI is InChI=1S/C18H15P.C6H16Si.2C2H4O2.Pd/c1-4-10-16(11-5-1)19(17-12-6-2-7-13-17)18-14-8-3-9-15-18;1-4-7(5-2)6-3;2*1-2(3)4;/h1-15H;7H,4-6H2,1-3H3;2*1H3,(H,3,4);/q;;;;+2/p-2. The summed E-state index contributed by atoms with van der Waals surface area (Å²) in [5, 5.41) is 22.0. The van der Waals surface area contributed by atoms with E-state index in [1.54, 1.807) is 0 Å². The van der Waals surface area contributed by atoms with Crippen LogP contribution in [0.15, 0.2) is 91.0 Å². The first-order chi connectivity index (χ1) is 16.3. The molecule has 0 unspecified atom stereocenters. The fourth-order valence-corrected chi connectivity index (χ4v) is 7.08. The third kappa shape index (κ3) is 17.9. The van der Waals surface area contributed by atoms with Crippen molar-refractivity contribution in [1.29, 1.82) is 0 Å². The Morgan fingerprint density at radius 3 is 0.943 bits per heavy atom. The fourth-order valence-electron chi connectivity index (χ4n) is 3.04. The molecular weight excluding hydrogens is 566 g/mol. The van der Waals surface area contributed by atoms with E-state index in [1.165, 1.54) is 34.0 Å². The summed E-state index contributed by atoms with van der Waals surface area (Å²) in [6, 6.07) is 36.8. The number of aliphatic carboxylic acids is 2. The zero-order chi connectivity index (χ0) is 25.8. The van der Waals surface area contributed by atoms with Crippen LogP contribution in [0.2, 0.25) is 18.1 Å². The maximum atomic E-state index is 8.89. The van der Waals surface area contributed by atoms with Crippen molar-refractivity contribution in [1.82, 2.24) is 0 Å². The van der Waals surface area contributed by atoms with E-state index in [2.05, 4.69) is 112 Å². The number of hydrogen-bond acceptors (Lipinski definition) is 4. The summed E-state index contributed by atoms with van der Waals surface area (Å²) in [5.74, 6) is -2.17. The molecule has 0 saturated heterocycles. The van der Waals surface area contributed by atoms with Crippen LogP contribution in [-0.2, 0) is 30.0 Å². The van der Waals surface area contributed by atoms with Crippen molar-refractivity contribution < 1.29 is 40.2 Å². The molecular formula is C28H37O4PPdSi. The van der Waals surface area contributed by atoms with Crippen molar-refractivity contribution in [2.75, 3.05) is 0 Å². The van der Waals surface area contributed by atoms with Crippen LogP contribution >= 0.6 is 7.92 Å². The van der Waals surface area contributed by atoms with E-state index >= 15 is 0 Å². The van der Waals surface area contributed by atoms with Gasteiger partial charge in [0, 0.05) is 20.7 Å². The number of carbonyl (C=O) groups is 2.